The molecule has 0 atom stereocenters. The van der Waals surface area contributed by atoms with E-state index in [2.05, 4.69) is 43.5 Å². The SMILES string of the molecule is O=C(Nc1cccc(OCc2cn(-c3cccc(I)c3)nn2)c1)Nc1ccc(Cl)c(C(F)(F)F)c1. The zero-order chi connectivity index (χ0) is 25.0. The first-order valence-electron chi connectivity index (χ1n) is 10.0. The van der Waals surface area contributed by atoms with Gasteiger partial charge in [0.1, 0.15) is 18.1 Å². The normalized spacial score (nSPS) is 11.2. The van der Waals surface area contributed by atoms with Crippen LogP contribution in [-0.2, 0) is 12.8 Å². The molecule has 7 nitrogen and oxygen atoms in total. The van der Waals surface area contributed by atoms with Gasteiger partial charge in [0.15, 0.2) is 0 Å². The second-order valence-electron chi connectivity index (χ2n) is 7.22. The first-order valence-corrected chi connectivity index (χ1v) is 11.5. The topological polar surface area (TPSA) is 81.1 Å². The van der Waals surface area contributed by atoms with Crippen molar-refractivity contribution in [1.29, 1.82) is 0 Å². The number of nitrogens with zero attached hydrogens (tertiary/aromatic N) is 3. The van der Waals surface area contributed by atoms with Crippen LogP contribution in [0.25, 0.3) is 5.69 Å². The first kappa shape index (κ1) is 24.8. The largest absolute Gasteiger partial charge is 0.487 e. The van der Waals surface area contributed by atoms with E-state index in [0.29, 0.717) is 17.1 Å². The second kappa shape index (κ2) is 10.5. The van der Waals surface area contributed by atoms with Gasteiger partial charge in [0.25, 0.3) is 0 Å². The molecule has 0 unspecified atom stereocenters. The number of carbonyl (C=O) groups is 1. The van der Waals surface area contributed by atoms with Crippen LogP contribution >= 0.6 is 34.2 Å². The van der Waals surface area contributed by atoms with Crippen LogP contribution in [-0.4, -0.2) is 21.0 Å². The number of hydrogen-bond donors (Lipinski definition) is 2. The zero-order valence-electron chi connectivity index (χ0n) is 17.7. The molecule has 0 bridgehead atoms. The minimum absolute atomic E-state index is 0.0529. The van der Waals surface area contributed by atoms with E-state index in [-0.39, 0.29) is 12.3 Å². The molecule has 0 radical (unpaired) electrons. The summed E-state index contributed by atoms with van der Waals surface area (Å²) in [5, 5.41) is 12.7. The Bertz CT molecular complexity index is 1360. The molecule has 180 valence electrons. The van der Waals surface area contributed by atoms with Crippen molar-refractivity contribution in [3.8, 4) is 11.4 Å². The number of ether oxygens (including phenoxy) is 1. The van der Waals surface area contributed by atoms with E-state index in [1.807, 2.05) is 24.3 Å². The van der Waals surface area contributed by atoms with Crippen molar-refractivity contribution in [2.75, 3.05) is 10.6 Å². The number of urea groups is 1. The monoisotopic (exact) mass is 613 g/mol. The Morgan fingerprint density at radius 2 is 1.77 bits per heavy atom. The molecule has 0 saturated carbocycles. The lowest BCUT2D eigenvalue weighted by Gasteiger charge is -2.13. The van der Waals surface area contributed by atoms with Crippen LogP contribution in [0.3, 0.4) is 0 Å². The standard InChI is InChI=1S/C23H16ClF3IN5O2/c24-21-8-7-16(11-20(21)23(25,26)27)30-22(34)29-15-4-2-6-19(10-15)35-13-17-12-33(32-31-17)18-5-1-3-14(28)9-18/h1-12H,13H2,(H2,29,30,34). The third kappa shape index (κ3) is 6.63. The predicted molar refractivity (Wildman–Crippen MR) is 134 cm³/mol. The van der Waals surface area contributed by atoms with Gasteiger partial charge in [-0.1, -0.05) is 28.9 Å². The molecule has 12 heteroatoms. The number of anilines is 2. The van der Waals surface area contributed by atoms with Crippen molar-refractivity contribution < 1.29 is 22.7 Å². The quantitative estimate of drug-likeness (QED) is 0.235. The molecule has 0 aliphatic rings. The summed E-state index contributed by atoms with van der Waals surface area (Å²) in [6, 6.07) is 16.7. The summed E-state index contributed by atoms with van der Waals surface area (Å²) in [6.07, 6.45) is -2.88. The highest BCUT2D eigenvalue weighted by Gasteiger charge is 2.33. The Hall–Kier alpha value is -3.32. The van der Waals surface area contributed by atoms with E-state index in [9.17, 15) is 18.0 Å². The predicted octanol–water partition coefficient (Wildman–Crippen LogP) is 6.77. The van der Waals surface area contributed by atoms with Gasteiger partial charge >= 0.3 is 12.2 Å². The van der Waals surface area contributed by atoms with Crippen LogP contribution < -0.4 is 15.4 Å². The van der Waals surface area contributed by atoms with Crippen LogP contribution in [0.5, 0.6) is 5.75 Å². The third-order valence-corrected chi connectivity index (χ3v) is 5.62. The first-order chi connectivity index (χ1) is 16.7. The number of alkyl halides is 3. The molecule has 2 amide bonds. The smallest absolute Gasteiger partial charge is 0.417 e. The van der Waals surface area contributed by atoms with Gasteiger partial charge in [-0.25, -0.2) is 9.48 Å². The molecule has 0 fully saturated rings. The maximum atomic E-state index is 13.0. The fourth-order valence-corrected chi connectivity index (χ4v) is 3.80. The van der Waals surface area contributed by atoms with E-state index >= 15 is 0 Å². The summed E-state index contributed by atoms with van der Waals surface area (Å²) in [5.74, 6) is 0.456. The highest BCUT2D eigenvalue weighted by molar-refractivity contribution is 14.1. The molecule has 4 aromatic rings. The summed E-state index contributed by atoms with van der Waals surface area (Å²) in [7, 11) is 0. The van der Waals surface area contributed by atoms with E-state index in [1.165, 1.54) is 6.07 Å². The summed E-state index contributed by atoms with van der Waals surface area (Å²) < 4.78 is 47.5. The lowest BCUT2D eigenvalue weighted by atomic mass is 10.2. The zero-order valence-corrected chi connectivity index (χ0v) is 20.6. The number of rotatable bonds is 6. The lowest BCUT2D eigenvalue weighted by molar-refractivity contribution is -0.137. The fraction of sp³-hybridized carbons (Fsp3) is 0.0870. The summed E-state index contributed by atoms with van der Waals surface area (Å²) in [6.45, 7) is 0.143. The minimum Gasteiger partial charge on any atom is -0.487 e. The van der Waals surface area contributed by atoms with Gasteiger partial charge in [-0.05, 0) is 71.1 Å². The number of aromatic nitrogens is 3. The molecule has 0 aliphatic heterocycles. The van der Waals surface area contributed by atoms with Crippen LogP contribution in [0.2, 0.25) is 5.02 Å². The van der Waals surface area contributed by atoms with Gasteiger partial charge in [0.05, 0.1) is 22.5 Å². The summed E-state index contributed by atoms with van der Waals surface area (Å²) in [5.41, 5.74) is 0.765. The Morgan fingerprint density at radius 3 is 2.51 bits per heavy atom. The van der Waals surface area contributed by atoms with Gasteiger partial charge in [0.2, 0.25) is 0 Å². The maximum Gasteiger partial charge on any atom is 0.417 e. The van der Waals surface area contributed by atoms with Crippen LogP contribution in [0.15, 0.2) is 72.9 Å². The average Bonchev–Trinajstić information content (AvgIpc) is 3.28. The van der Waals surface area contributed by atoms with E-state index in [0.717, 1.165) is 21.4 Å². The number of nitrogens with one attached hydrogen (secondary N) is 2. The molecule has 4 rings (SSSR count). The van der Waals surface area contributed by atoms with Crippen LogP contribution in [0, 0.1) is 3.57 Å². The lowest BCUT2D eigenvalue weighted by Crippen LogP contribution is -2.20. The Kier molecular flexibility index (Phi) is 7.45. The van der Waals surface area contributed by atoms with Crippen molar-refractivity contribution in [2.45, 2.75) is 12.8 Å². The highest BCUT2D eigenvalue weighted by Crippen LogP contribution is 2.36. The molecule has 35 heavy (non-hydrogen) atoms. The van der Waals surface area contributed by atoms with Crippen LogP contribution in [0.1, 0.15) is 11.3 Å². The Balaban J connectivity index is 1.36. The van der Waals surface area contributed by atoms with Crippen molar-refractivity contribution in [1.82, 2.24) is 15.0 Å². The molecule has 1 heterocycles. The number of carbonyl (C=O) groups excluding carboxylic acids is 1. The molecular weight excluding hydrogens is 598 g/mol. The summed E-state index contributed by atoms with van der Waals surface area (Å²) >= 11 is 7.82. The second-order valence-corrected chi connectivity index (χ2v) is 8.88. The number of hydrogen-bond acceptors (Lipinski definition) is 4. The van der Waals surface area contributed by atoms with Crippen molar-refractivity contribution >= 4 is 51.6 Å². The molecular formula is C23H16ClF3IN5O2. The maximum absolute atomic E-state index is 13.0. The van der Waals surface area contributed by atoms with Gasteiger partial charge in [-0.15, -0.1) is 5.10 Å². The highest BCUT2D eigenvalue weighted by atomic mass is 127. The van der Waals surface area contributed by atoms with E-state index in [1.54, 1.807) is 35.1 Å². The van der Waals surface area contributed by atoms with Gasteiger partial charge in [-0.2, -0.15) is 13.2 Å². The molecule has 0 saturated heterocycles. The molecule has 0 aliphatic carbocycles. The molecule has 2 N–H and O–H groups in total. The third-order valence-electron chi connectivity index (χ3n) is 4.62. The van der Waals surface area contributed by atoms with E-state index < -0.39 is 22.8 Å². The van der Waals surface area contributed by atoms with Crippen molar-refractivity contribution in [3.05, 3.63) is 92.8 Å². The van der Waals surface area contributed by atoms with Crippen molar-refractivity contribution in [2.24, 2.45) is 0 Å². The van der Waals surface area contributed by atoms with Gasteiger partial charge in [-0.3, -0.25) is 0 Å². The summed E-state index contributed by atoms with van der Waals surface area (Å²) in [4.78, 5) is 12.3. The van der Waals surface area contributed by atoms with Gasteiger partial charge in [0, 0.05) is 21.0 Å². The fourth-order valence-electron chi connectivity index (χ4n) is 3.04. The Labute approximate surface area is 216 Å². The molecule has 3 aromatic carbocycles. The number of halogens is 5. The minimum atomic E-state index is -4.64. The average molecular weight is 614 g/mol. The van der Waals surface area contributed by atoms with Crippen molar-refractivity contribution in [3.63, 3.8) is 0 Å². The molecule has 0 spiro atoms. The number of amides is 2. The Morgan fingerprint density at radius 1 is 1.03 bits per heavy atom. The molecule has 1 aromatic heterocycles. The van der Waals surface area contributed by atoms with Gasteiger partial charge < -0.3 is 15.4 Å². The van der Waals surface area contributed by atoms with E-state index in [4.69, 9.17) is 16.3 Å². The van der Waals surface area contributed by atoms with Crippen LogP contribution in [0.4, 0.5) is 29.3 Å². The number of benzene rings is 3.